The van der Waals surface area contributed by atoms with Gasteiger partial charge in [-0.15, -0.1) is 23.7 Å². The van der Waals surface area contributed by atoms with Gasteiger partial charge in [-0.05, 0) is 20.3 Å². The second-order valence-corrected chi connectivity index (χ2v) is 5.30. The van der Waals surface area contributed by atoms with Gasteiger partial charge < -0.3 is 11.1 Å². The van der Waals surface area contributed by atoms with Crippen LogP contribution in [-0.2, 0) is 6.54 Å². The van der Waals surface area contributed by atoms with Crippen LogP contribution in [0.2, 0.25) is 0 Å². The van der Waals surface area contributed by atoms with Crippen molar-refractivity contribution in [3.05, 3.63) is 11.1 Å². The Bertz CT molecular complexity index is 286. The van der Waals surface area contributed by atoms with Gasteiger partial charge in [-0.1, -0.05) is 13.3 Å². The standard InChI is InChI=1S/C10H19N3S.ClH/c1-4-5-10(2,3)13-7-8-6-12-9(11)14-8;/h6,13H,4-5,7H2,1-3H3,(H2,11,12);1H. The van der Waals surface area contributed by atoms with Gasteiger partial charge in [0.2, 0.25) is 0 Å². The first-order valence-corrected chi connectivity index (χ1v) is 5.80. The fourth-order valence-corrected chi connectivity index (χ4v) is 2.07. The maximum Gasteiger partial charge on any atom is 0.180 e. The van der Waals surface area contributed by atoms with Gasteiger partial charge in [0.1, 0.15) is 0 Å². The molecule has 5 heteroatoms. The van der Waals surface area contributed by atoms with Crippen molar-refractivity contribution in [2.75, 3.05) is 5.73 Å². The molecule has 1 aromatic rings. The molecule has 0 atom stereocenters. The zero-order chi connectivity index (χ0) is 10.6. The van der Waals surface area contributed by atoms with Gasteiger partial charge in [-0.2, -0.15) is 0 Å². The van der Waals surface area contributed by atoms with Crippen LogP contribution in [0.15, 0.2) is 6.20 Å². The van der Waals surface area contributed by atoms with E-state index in [2.05, 4.69) is 31.1 Å². The lowest BCUT2D eigenvalue weighted by atomic mass is 9.99. The Morgan fingerprint density at radius 1 is 1.53 bits per heavy atom. The molecule has 1 aromatic heterocycles. The molecule has 0 aliphatic heterocycles. The van der Waals surface area contributed by atoms with Crippen molar-refractivity contribution in [3.63, 3.8) is 0 Å². The minimum Gasteiger partial charge on any atom is -0.375 e. The van der Waals surface area contributed by atoms with Crippen LogP contribution in [0.1, 0.15) is 38.5 Å². The minimum absolute atomic E-state index is 0. The topological polar surface area (TPSA) is 50.9 Å². The Morgan fingerprint density at radius 2 is 2.20 bits per heavy atom. The number of hydrogen-bond donors (Lipinski definition) is 2. The Hall–Kier alpha value is -0.320. The molecule has 0 fully saturated rings. The van der Waals surface area contributed by atoms with Gasteiger partial charge in [-0.25, -0.2) is 4.98 Å². The van der Waals surface area contributed by atoms with Gasteiger partial charge in [0.15, 0.2) is 5.13 Å². The SMILES string of the molecule is CCCC(C)(C)NCc1cnc(N)s1.Cl. The van der Waals surface area contributed by atoms with Crippen molar-refractivity contribution < 1.29 is 0 Å². The first-order valence-electron chi connectivity index (χ1n) is 4.99. The predicted molar refractivity (Wildman–Crippen MR) is 69.6 cm³/mol. The van der Waals surface area contributed by atoms with E-state index in [-0.39, 0.29) is 17.9 Å². The molecular weight excluding hydrogens is 230 g/mol. The molecule has 1 rings (SSSR count). The molecule has 0 aliphatic rings. The van der Waals surface area contributed by atoms with Crippen molar-refractivity contribution in [2.24, 2.45) is 0 Å². The summed E-state index contributed by atoms with van der Waals surface area (Å²) in [6, 6.07) is 0. The molecule has 0 aromatic carbocycles. The smallest absolute Gasteiger partial charge is 0.180 e. The summed E-state index contributed by atoms with van der Waals surface area (Å²) in [7, 11) is 0. The number of nitrogens with one attached hydrogen (secondary N) is 1. The van der Waals surface area contributed by atoms with E-state index in [9.17, 15) is 0 Å². The normalized spacial score (nSPS) is 11.1. The van der Waals surface area contributed by atoms with Crippen LogP contribution in [0.5, 0.6) is 0 Å². The molecule has 0 unspecified atom stereocenters. The molecule has 0 saturated carbocycles. The number of aromatic nitrogens is 1. The average Bonchev–Trinajstić information content (AvgIpc) is 2.48. The third-order valence-electron chi connectivity index (χ3n) is 2.19. The highest BCUT2D eigenvalue weighted by molar-refractivity contribution is 7.15. The predicted octanol–water partition coefficient (Wildman–Crippen LogP) is 2.82. The molecule has 3 N–H and O–H groups in total. The maximum absolute atomic E-state index is 5.56. The molecule has 88 valence electrons. The number of rotatable bonds is 5. The van der Waals surface area contributed by atoms with E-state index in [1.165, 1.54) is 17.7 Å². The Kier molecular flexibility index (Phi) is 6.17. The van der Waals surface area contributed by atoms with Crippen LogP contribution in [0, 0.1) is 0 Å². The molecule has 0 bridgehead atoms. The van der Waals surface area contributed by atoms with E-state index >= 15 is 0 Å². The molecule has 0 saturated heterocycles. The molecule has 0 amide bonds. The fourth-order valence-electron chi connectivity index (χ4n) is 1.44. The minimum atomic E-state index is 0. The third-order valence-corrected chi connectivity index (χ3v) is 3.01. The molecule has 3 nitrogen and oxygen atoms in total. The average molecular weight is 250 g/mol. The maximum atomic E-state index is 5.56. The molecule has 0 radical (unpaired) electrons. The van der Waals surface area contributed by atoms with E-state index in [1.54, 1.807) is 11.3 Å². The Labute approximate surface area is 102 Å². The Balaban J connectivity index is 0.00000196. The molecule has 1 heterocycles. The van der Waals surface area contributed by atoms with Crippen LogP contribution in [0.4, 0.5) is 5.13 Å². The number of nitrogens with two attached hydrogens (primary N) is 1. The third kappa shape index (κ3) is 5.35. The van der Waals surface area contributed by atoms with E-state index < -0.39 is 0 Å². The summed E-state index contributed by atoms with van der Waals surface area (Å²) in [5, 5.41) is 4.15. The summed E-state index contributed by atoms with van der Waals surface area (Å²) in [6.45, 7) is 7.51. The second kappa shape index (κ2) is 6.30. The monoisotopic (exact) mass is 249 g/mol. The van der Waals surface area contributed by atoms with Crippen molar-refractivity contribution in [2.45, 2.75) is 45.7 Å². The number of halogens is 1. The summed E-state index contributed by atoms with van der Waals surface area (Å²) in [5.41, 5.74) is 5.76. The summed E-state index contributed by atoms with van der Waals surface area (Å²) < 4.78 is 0. The highest BCUT2D eigenvalue weighted by Crippen LogP contribution is 2.17. The summed E-state index contributed by atoms with van der Waals surface area (Å²) in [4.78, 5) is 5.22. The first kappa shape index (κ1) is 14.7. The summed E-state index contributed by atoms with van der Waals surface area (Å²) >= 11 is 1.55. The van der Waals surface area contributed by atoms with Gasteiger partial charge >= 0.3 is 0 Å². The van der Waals surface area contributed by atoms with Gasteiger partial charge in [0.25, 0.3) is 0 Å². The number of thiazole rings is 1. The van der Waals surface area contributed by atoms with Gasteiger partial charge in [-0.3, -0.25) is 0 Å². The zero-order valence-electron chi connectivity index (χ0n) is 9.54. The van der Waals surface area contributed by atoms with Crippen LogP contribution in [0.25, 0.3) is 0 Å². The van der Waals surface area contributed by atoms with E-state index in [0.29, 0.717) is 5.13 Å². The molecule has 15 heavy (non-hydrogen) atoms. The van der Waals surface area contributed by atoms with Crippen molar-refractivity contribution in [1.82, 2.24) is 10.3 Å². The van der Waals surface area contributed by atoms with Crippen molar-refractivity contribution >= 4 is 28.9 Å². The molecule has 0 spiro atoms. The number of anilines is 1. The van der Waals surface area contributed by atoms with Crippen LogP contribution >= 0.6 is 23.7 Å². The Morgan fingerprint density at radius 3 is 2.67 bits per heavy atom. The lowest BCUT2D eigenvalue weighted by Gasteiger charge is -2.25. The number of nitrogen functional groups attached to an aromatic ring is 1. The van der Waals surface area contributed by atoms with E-state index in [0.717, 1.165) is 6.54 Å². The second-order valence-electron chi connectivity index (χ2n) is 4.15. The number of hydrogen-bond acceptors (Lipinski definition) is 4. The quantitative estimate of drug-likeness (QED) is 0.844. The van der Waals surface area contributed by atoms with Crippen molar-refractivity contribution in [1.29, 1.82) is 0 Å². The molecule has 0 aliphatic carbocycles. The molecular formula is C10H20ClN3S. The number of nitrogens with zero attached hydrogens (tertiary/aromatic N) is 1. The lowest BCUT2D eigenvalue weighted by Crippen LogP contribution is -2.38. The zero-order valence-corrected chi connectivity index (χ0v) is 11.2. The fraction of sp³-hybridized carbons (Fsp3) is 0.700. The van der Waals surface area contributed by atoms with E-state index in [1.807, 2.05) is 6.20 Å². The van der Waals surface area contributed by atoms with Crippen LogP contribution < -0.4 is 11.1 Å². The lowest BCUT2D eigenvalue weighted by molar-refractivity contribution is 0.358. The first-order chi connectivity index (χ1) is 6.53. The van der Waals surface area contributed by atoms with Crippen molar-refractivity contribution in [3.8, 4) is 0 Å². The van der Waals surface area contributed by atoms with Crippen LogP contribution in [-0.4, -0.2) is 10.5 Å². The highest BCUT2D eigenvalue weighted by atomic mass is 35.5. The van der Waals surface area contributed by atoms with Gasteiger partial charge in [0.05, 0.1) is 0 Å². The largest absolute Gasteiger partial charge is 0.375 e. The van der Waals surface area contributed by atoms with Crippen LogP contribution in [0.3, 0.4) is 0 Å². The van der Waals surface area contributed by atoms with E-state index in [4.69, 9.17) is 5.73 Å². The van der Waals surface area contributed by atoms with Gasteiger partial charge in [0, 0.05) is 23.2 Å². The summed E-state index contributed by atoms with van der Waals surface area (Å²) in [6.07, 6.45) is 4.22. The summed E-state index contributed by atoms with van der Waals surface area (Å²) in [5.74, 6) is 0. The highest BCUT2D eigenvalue weighted by Gasteiger charge is 2.15.